The number of aliphatic hydroxyl groups excluding tert-OH is 1. The van der Waals surface area contributed by atoms with Crippen LogP contribution in [0, 0.1) is 6.92 Å². The van der Waals surface area contributed by atoms with Crippen molar-refractivity contribution in [2.45, 2.75) is 51.2 Å². The lowest BCUT2D eigenvalue weighted by molar-refractivity contribution is -0.127. The molecule has 4 rings (SSSR count). The Bertz CT molecular complexity index is 956. The first-order valence-electron chi connectivity index (χ1n) is 10.2. The van der Waals surface area contributed by atoms with Gasteiger partial charge in [0.15, 0.2) is 6.10 Å². The maximum absolute atomic E-state index is 12.9. The molecule has 1 aliphatic carbocycles. The molecule has 0 radical (unpaired) electrons. The van der Waals surface area contributed by atoms with Crippen LogP contribution in [0.5, 0.6) is 0 Å². The van der Waals surface area contributed by atoms with E-state index in [-0.39, 0.29) is 11.9 Å². The summed E-state index contributed by atoms with van der Waals surface area (Å²) < 4.78 is 0. The molecule has 150 valence electrons. The summed E-state index contributed by atoms with van der Waals surface area (Å²) in [7, 11) is 0. The number of amides is 2. The first-order valence-corrected chi connectivity index (χ1v) is 10.2. The molecule has 5 nitrogen and oxygen atoms in total. The molecule has 0 spiro atoms. The van der Waals surface area contributed by atoms with Gasteiger partial charge in [0.25, 0.3) is 11.8 Å². The predicted molar refractivity (Wildman–Crippen MR) is 114 cm³/mol. The highest BCUT2D eigenvalue weighted by Crippen LogP contribution is 2.38. The smallest absolute Gasteiger partial charge is 0.256 e. The molecule has 3 N–H and O–H groups in total. The molecular weight excluding hydrogens is 364 g/mol. The summed E-state index contributed by atoms with van der Waals surface area (Å²) in [6, 6.07) is 15.0. The van der Waals surface area contributed by atoms with E-state index in [1.807, 2.05) is 55.5 Å². The quantitative estimate of drug-likeness (QED) is 0.697. The second kappa shape index (κ2) is 8.21. The van der Waals surface area contributed by atoms with Crippen LogP contribution in [0.3, 0.4) is 0 Å². The van der Waals surface area contributed by atoms with E-state index in [0.29, 0.717) is 28.0 Å². The number of fused-ring (bicyclic) bond motifs is 1. The van der Waals surface area contributed by atoms with E-state index in [4.69, 9.17) is 0 Å². The zero-order chi connectivity index (χ0) is 20.4. The van der Waals surface area contributed by atoms with Crippen LogP contribution in [0.15, 0.2) is 48.5 Å². The number of para-hydroxylation sites is 1. The van der Waals surface area contributed by atoms with E-state index < -0.39 is 12.0 Å². The molecule has 1 fully saturated rings. The number of carbonyl (C=O) groups is 2. The molecule has 1 heterocycles. The molecule has 2 aliphatic rings. The van der Waals surface area contributed by atoms with E-state index in [9.17, 15) is 14.7 Å². The average molecular weight is 390 g/mol. The van der Waals surface area contributed by atoms with Crippen LogP contribution in [0.2, 0.25) is 0 Å². The number of aliphatic hydroxyl groups is 1. The Balaban J connectivity index is 1.76. The van der Waals surface area contributed by atoms with Crippen molar-refractivity contribution in [1.82, 2.24) is 5.32 Å². The molecule has 5 heteroatoms. The van der Waals surface area contributed by atoms with E-state index in [2.05, 4.69) is 10.6 Å². The fourth-order valence-electron chi connectivity index (χ4n) is 4.21. The Hall–Kier alpha value is -2.92. The second-order valence-corrected chi connectivity index (χ2v) is 7.90. The lowest BCUT2D eigenvalue weighted by atomic mass is 9.90. The van der Waals surface area contributed by atoms with Crippen molar-refractivity contribution in [2.24, 2.45) is 0 Å². The first-order chi connectivity index (χ1) is 14.0. The largest absolute Gasteiger partial charge is 0.378 e. The number of nitrogens with one attached hydrogen (secondary N) is 2. The SMILES string of the molecule is Cc1ccc(/C(=C2\C(=O)Nc3ccccc32)C(O)C(=O)NC2CCCCC2)cc1. The highest BCUT2D eigenvalue weighted by Gasteiger charge is 2.33. The van der Waals surface area contributed by atoms with Crippen molar-refractivity contribution in [2.75, 3.05) is 5.32 Å². The number of anilines is 1. The van der Waals surface area contributed by atoms with Crippen molar-refractivity contribution >= 4 is 28.6 Å². The normalized spacial score (nSPS) is 19.3. The molecule has 0 saturated heterocycles. The number of hydrogen-bond acceptors (Lipinski definition) is 3. The minimum absolute atomic E-state index is 0.0832. The minimum atomic E-state index is -1.42. The summed E-state index contributed by atoms with van der Waals surface area (Å²) in [6.07, 6.45) is 3.79. The summed E-state index contributed by atoms with van der Waals surface area (Å²) >= 11 is 0. The molecule has 1 aliphatic heterocycles. The highest BCUT2D eigenvalue weighted by atomic mass is 16.3. The lowest BCUT2D eigenvalue weighted by Gasteiger charge is -2.25. The molecule has 1 saturated carbocycles. The van der Waals surface area contributed by atoms with Crippen molar-refractivity contribution < 1.29 is 14.7 Å². The van der Waals surface area contributed by atoms with Crippen molar-refractivity contribution in [3.05, 3.63) is 65.2 Å². The fraction of sp³-hybridized carbons (Fsp3) is 0.333. The summed E-state index contributed by atoms with van der Waals surface area (Å²) in [5.74, 6) is -0.747. The Morgan fingerprint density at radius 3 is 2.48 bits per heavy atom. The number of hydrogen-bond donors (Lipinski definition) is 3. The topological polar surface area (TPSA) is 78.4 Å². The lowest BCUT2D eigenvalue weighted by Crippen LogP contribution is -2.43. The Labute approximate surface area is 170 Å². The van der Waals surface area contributed by atoms with Crippen molar-refractivity contribution in [1.29, 1.82) is 0 Å². The maximum atomic E-state index is 12.9. The van der Waals surface area contributed by atoms with E-state index in [1.165, 1.54) is 6.42 Å². The highest BCUT2D eigenvalue weighted by molar-refractivity contribution is 6.38. The monoisotopic (exact) mass is 390 g/mol. The van der Waals surface area contributed by atoms with Gasteiger partial charge in [-0.2, -0.15) is 0 Å². The summed E-state index contributed by atoms with van der Waals surface area (Å²) in [6.45, 7) is 1.97. The third kappa shape index (κ3) is 3.96. The van der Waals surface area contributed by atoms with Crippen LogP contribution in [-0.4, -0.2) is 29.1 Å². The Morgan fingerprint density at radius 2 is 1.76 bits per heavy atom. The molecule has 2 amide bonds. The van der Waals surface area contributed by atoms with E-state index >= 15 is 0 Å². The van der Waals surface area contributed by atoms with Gasteiger partial charge in [-0.25, -0.2) is 0 Å². The van der Waals surface area contributed by atoms with Gasteiger partial charge in [-0.1, -0.05) is 67.3 Å². The molecule has 29 heavy (non-hydrogen) atoms. The van der Waals surface area contributed by atoms with Crippen LogP contribution >= 0.6 is 0 Å². The molecule has 2 aromatic carbocycles. The van der Waals surface area contributed by atoms with Gasteiger partial charge < -0.3 is 15.7 Å². The van der Waals surface area contributed by atoms with Gasteiger partial charge in [-0.05, 0) is 31.4 Å². The Kier molecular flexibility index (Phi) is 5.49. The van der Waals surface area contributed by atoms with Gasteiger partial charge in [-0.15, -0.1) is 0 Å². The van der Waals surface area contributed by atoms with Gasteiger partial charge in [0, 0.05) is 22.9 Å². The zero-order valence-electron chi connectivity index (χ0n) is 16.6. The molecule has 2 aromatic rings. The number of aryl methyl sites for hydroxylation is 1. The van der Waals surface area contributed by atoms with Crippen LogP contribution in [-0.2, 0) is 9.59 Å². The van der Waals surface area contributed by atoms with Gasteiger partial charge in [0.05, 0.1) is 5.57 Å². The van der Waals surface area contributed by atoms with E-state index in [1.54, 1.807) is 0 Å². The summed E-state index contributed by atoms with van der Waals surface area (Å²) in [4.78, 5) is 25.8. The molecule has 1 unspecified atom stereocenters. The molecule has 0 bridgehead atoms. The maximum Gasteiger partial charge on any atom is 0.256 e. The van der Waals surface area contributed by atoms with Crippen molar-refractivity contribution in [3.63, 3.8) is 0 Å². The number of carbonyl (C=O) groups excluding carboxylic acids is 2. The average Bonchev–Trinajstić information content (AvgIpc) is 3.06. The summed E-state index contributed by atoms with van der Waals surface area (Å²) in [5.41, 5.74) is 3.84. The first kappa shape index (κ1) is 19.4. The summed E-state index contributed by atoms with van der Waals surface area (Å²) in [5, 5.41) is 16.9. The van der Waals surface area contributed by atoms with Gasteiger partial charge in [0.1, 0.15) is 0 Å². The van der Waals surface area contributed by atoms with Crippen LogP contribution in [0.4, 0.5) is 5.69 Å². The van der Waals surface area contributed by atoms with Gasteiger partial charge in [-0.3, -0.25) is 9.59 Å². The van der Waals surface area contributed by atoms with Gasteiger partial charge >= 0.3 is 0 Å². The van der Waals surface area contributed by atoms with Crippen LogP contribution in [0.25, 0.3) is 11.1 Å². The van der Waals surface area contributed by atoms with Crippen LogP contribution in [0.1, 0.15) is 48.8 Å². The molecule has 1 atom stereocenters. The second-order valence-electron chi connectivity index (χ2n) is 7.90. The van der Waals surface area contributed by atoms with Crippen molar-refractivity contribution in [3.8, 4) is 0 Å². The third-order valence-corrected chi connectivity index (χ3v) is 5.78. The fourth-order valence-corrected chi connectivity index (χ4v) is 4.21. The minimum Gasteiger partial charge on any atom is -0.378 e. The van der Waals surface area contributed by atoms with E-state index in [0.717, 1.165) is 31.2 Å². The third-order valence-electron chi connectivity index (χ3n) is 5.78. The Morgan fingerprint density at radius 1 is 1.07 bits per heavy atom. The number of rotatable bonds is 4. The molecule has 0 aromatic heterocycles. The zero-order valence-corrected chi connectivity index (χ0v) is 16.6. The molecular formula is C24H26N2O3. The predicted octanol–water partition coefficient (Wildman–Crippen LogP) is 3.67. The van der Waals surface area contributed by atoms with Gasteiger partial charge in [0.2, 0.25) is 0 Å². The standard InChI is InChI=1S/C24H26N2O3/c1-15-11-13-16(14-12-15)20(21-18-9-5-6-10-19(18)26-23(21)28)22(27)24(29)25-17-7-3-2-4-8-17/h5-6,9-14,17,22,27H,2-4,7-8H2,1H3,(H,25,29)(H,26,28)/b21-20+. The number of benzene rings is 2. The van der Waals surface area contributed by atoms with Crippen LogP contribution < -0.4 is 10.6 Å².